The molecule has 0 radical (unpaired) electrons. The summed E-state index contributed by atoms with van der Waals surface area (Å²) in [6.07, 6.45) is 0.884. The standard InChI is InChI=1S/C23H26N3O3/c1-4-24-16(3)26(21-14-18(10-11-20(21)24)23(28)29-5-2)15-22(27)25-13-12-17-8-6-7-9-19(17)25/h6-11,14H,4-5,12-13,15H2,1-3H3/q+1. The van der Waals surface area contributed by atoms with Crippen LogP contribution in [-0.2, 0) is 29.0 Å². The van der Waals surface area contributed by atoms with Crippen LogP contribution >= 0.6 is 0 Å². The summed E-state index contributed by atoms with van der Waals surface area (Å²) in [6.45, 7) is 7.94. The molecular formula is C23H26N3O3+. The molecular weight excluding hydrogens is 366 g/mol. The molecule has 3 aromatic rings. The highest BCUT2D eigenvalue weighted by Gasteiger charge is 2.29. The van der Waals surface area contributed by atoms with Gasteiger partial charge in [-0.2, -0.15) is 0 Å². The number of carbonyl (C=O) groups excluding carboxylic acids is 2. The Morgan fingerprint density at radius 2 is 1.93 bits per heavy atom. The number of hydrogen-bond donors (Lipinski definition) is 0. The quantitative estimate of drug-likeness (QED) is 0.495. The van der Waals surface area contributed by atoms with Gasteiger partial charge in [-0.05, 0) is 44.0 Å². The Bertz CT molecular complexity index is 1100. The van der Waals surface area contributed by atoms with Gasteiger partial charge in [0.05, 0.1) is 18.7 Å². The maximum atomic E-state index is 13.2. The average molecular weight is 392 g/mol. The van der Waals surface area contributed by atoms with Crippen molar-refractivity contribution in [2.75, 3.05) is 18.1 Å². The van der Waals surface area contributed by atoms with Crippen LogP contribution in [0.15, 0.2) is 42.5 Å². The van der Waals surface area contributed by atoms with E-state index in [1.165, 1.54) is 5.56 Å². The summed E-state index contributed by atoms with van der Waals surface area (Å²) in [5.41, 5.74) is 4.59. The lowest BCUT2D eigenvalue weighted by atomic mass is 10.2. The van der Waals surface area contributed by atoms with Crippen LogP contribution in [0.25, 0.3) is 11.0 Å². The molecule has 0 spiro atoms. The molecule has 1 aromatic heterocycles. The number of aryl methyl sites for hydroxylation is 1. The molecule has 4 rings (SSSR count). The van der Waals surface area contributed by atoms with Gasteiger partial charge in [-0.1, -0.05) is 18.2 Å². The van der Waals surface area contributed by atoms with Crippen LogP contribution in [0.2, 0.25) is 0 Å². The van der Waals surface area contributed by atoms with Crippen molar-refractivity contribution in [2.24, 2.45) is 0 Å². The van der Waals surface area contributed by atoms with E-state index in [9.17, 15) is 9.59 Å². The molecule has 29 heavy (non-hydrogen) atoms. The predicted octanol–water partition coefficient (Wildman–Crippen LogP) is 3.02. The number of hydrogen-bond acceptors (Lipinski definition) is 3. The van der Waals surface area contributed by atoms with E-state index in [-0.39, 0.29) is 18.4 Å². The van der Waals surface area contributed by atoms with Gasteiger partial charge in [0.2, 0.25) is 0 Å². The highest BCUT2D eigenvalue weighted by molar-refractivity contribution is 5.97. The highest BCUT2D eigenvalue weighted by Crippen LogP contribution is 2.28. The third kappa shape index (κ3) is 3.28. The number of rotatable bonds is 5. The first-order valence-corrected chi connectivity index (χ1v) is 10.1. The molecule has 0 N–H and O–H groups in total. The molecule has 6 nitrogen and oxygen atoms in total. The second-order valence-electron chi connectivity index (χ2n) is 7.23. The maximum absolute atomic E-state index is 13.2. The van der Waals surface area contributed by atoms with Crippen molar-refractivity contribution in [3.8, 4) is 0 Å². The van der Waals surface area contributed by atoms with Gasteiger partial charge in [0.1, 0.15) is 0 Å². The Balaban J connectivity index is 1.72. The van der Waals surface area contributed by atoms with E-state index in [2.05, 4.69) is 17.6 Å². The van der Waals surface area contributed by atoms with Crippen LogP contribution in [-0.4, -0.2) is 29.6 Å². The van der Waals surface area contributed by atoms with E-state index in [1.54, 1.807) is 13.0 Å². The number of esters is 1. The van der Waals surface area contributed by atoms with Gasteiger partial charge in [0.25, 0.3) is 11.7 Å². The second kappa shape index (κ2) is 7.70. The topological polar surface area (TPSA) is 55.4 Å². The second-order valence-corrected chi connectivity index (χ2v) is 7.23. The largest absolute Gasteiger partial charge is 0.462 e. The van der Waals surface area contributed by atoms with E-state index >= 15 is 0 Å². The fourth-order valence-corrected chi connectivity index (χ4v) is 4.22. The summed E-state index contributed by atoms with van der Waals surface area (Å²) in [5.74, 6) is 0.701. The molecule has 2 heterocycles. The monoisotopic (exact) mass is 392 g/mol. The summed E-state index contributed by atoms with van der Waals surface area (Å²) in [6, 6.07) is 13.6. The van der Waals surface area contributed by atoms with Crippen molar-refractivity contribution >= 4 is 28.6 Å². The number of amides is 1. The molecule has 0 fully saturated rings. The first kappa shape index (κ1) is 19.2. The van der Waals surface area contributed by atoms with Gasteiger partial charge in [0.15, 0.2) is 17.6 Å². The van der Waals surface area contributed by atoms with Gasteiger partial charge >= 0.3 is 5.97 Å². The Morgan fingerprint density at radius 1 is 1.14 bits per heavy atom. The first-order valence-electron chi connectivity index (χ1n) is 10.1. The maximum Gasteiger partial charge on any atom is 0.338 e. The summed E-state index contributed by atoms with van der Waals surface area (Å²) in [7, 11) is 0. The molecule has 0 saturated heterocycles. The lowest BCUT2D eigenvalue weighted by molar-refractivity contribution is -0.674. The van der Waals surface area contributed by atoms with Gasteiger partial charge in [0, 0.05) is 25.2 Å². The first-order chi connectivity index (χ1) is 14.0. The van der Waals surface area contributed by atoms with Crippen molar-refractivity contribution in [1.29, 1.82) is 0 Å². The lowest BCUT2D eigenvalue weighted by Gasteiger charge is -2.16. The van der Waals surface area contributed by atoms with Crippen LogP contribution in [0.5, 0.6) is 0 Å². The van der Waals surface area contributed by atoms with Crippen LogP contribution in [0.4, 0.5) is 5.69 Å². The van der Waals surface area contributed by atoms with Crippen molar-refractivity contribution in [1.82, 2.24) is 4.57 Å². The predicted molar refractivity (Wildman–Crippen MR) is 111 cm³/mol. The van der Waals surface area contributed by atoms with Crippen LogP contribution in [0.1, 0.15) is 35.6 Å². The summed E-state index contributed by atoms with van der Waals surface area (Å²) in [4.78, 5) is 27.3. The molecule has 2 aromatic carbocycles. The van der Waals surface area contributed by atoms with E-state index < -0.39 is 0 Å². The van der Waals surface area contributed by atoms with Crippen molar-refractivity contribution in [3.63, 3.8) is 0 Å². The molecule has 1 amide bonds. The van der Waals surface area contributed by atoms with Gasteiger partial charge in [-0.3, -0.25) is 4.79 Å². The fourth-order valence-electron chi connectivity index (χ4n) is 4.22. The Kier molecular flexibility index (Phi) is 5.09. The summed E-state index contributed by atoms with van der Waals surface area (Å²) < 4.78 is 9.32. The zero-order chi connectivity index (χ0) is 20.5. The average Bonchev–Trinajstić information content (AvgIpc) is 3.27. The highest BCUT2D eigenvalue weighted by atomic mass is 16.5. The minimum absolute atomic E-state index is 0.0553. The zero-order valence-electron chi connectivity index (χ0n) is 17.1. The zero-order valence-corrected chi connectivity index (χ0v) is 17.1. The van der Waals surface area contributed by atoms with Crippen LogP contribution < -0.4 is 9.47 Å². The number of fused-ring (bicyclic) bond motifs is 2. The normalized spacial score (nSPS) is 13.0. The van der Waals surface area contributed by atoms with Gasteiger partial charge in [-0.25, -0.2) is 13.9 Å². The lowest BCUT2D eigenvalue weighted by Crippen LogP contribution is -2.37. The molecule has 150 valence electrons. The van der Waals surface area contributed by atoms with Gasteiger partial charge in [-0.15, -0.1) is 0 Å². The van der Waals surface area contributed by atoms with E-state index in [4.69, 9.17) is 4.74 Å². The molecule has 0 bridgehead atoms. The molecule has 0 saturated carbocycles. The number of carbonyl (C=O) groups is 2. The summed E-state index contributed by atoms with van der Waals surface area (Å²) >= 11 is 0. The molecule has 0 unspecified atom stereocenters. The number of nitrogens with zero attached hydrogens (tertiary/aromatic N) is 3. The van der Waals surface area contributed by atoms with Gasteiger partial charge < -0.3 is 9.64 Å². The van der Waals surface area contributed by atoms with Crippen LogP contribution in [0, 0.1) is 6.92 Å². The minimum Gasteiger partial charge on any atom is -0.462 e. The minimum atomic E-state index is -0.345. The van der Waals surface area contributed by atoms with Crippen molar-refractivity contribution < 1.29 is 18.9 Å². The number of aromatic nitrogens is 2. The Morgan fingerprint density at radius 3 is 2.69 bits per heavy atom. The van der Waals surface area contributed by atoms with E-state index in [1.807, 2.05) is 46.7 Å². The fraction of sp³-hybridized carbons (Fsp3) is 0.348. The molecule has 0 aliphatic carbocycles. The molecule has 6 heteroatoms. The van der Waals surface area contributed by atoms with Crippen LogP contribution in [0.3, 0.4) is 0 Å². The third-order valence-corrected chi connectivity index (χ3v) is 5.65. The van der Waals surface area contributed by atoms with Crippen molar-refractivity contribution in [2.45, 2.75) is 40.3 Å². The molecule has 0 atom stereocenters. The number of ether oxygens (including phenoxy) is 1. The smallest absolute Gasteiger partial charge is 0.338 e. The number of para-hydroxylation sites is 1. The Hall–Kier alpha value is -3.15. The summed E-state index contributed by atoms with van der Waals surface area (Å²) in [5, 5.41) is 0. The number of anilines is 1. The van der Waals surface area contributed by atoms with Crippen molar-refractivity contribution in [3.05, 3.63) is 59.4 Å². The SMILES string of the molecule is CCOC(=O)c1ccc2c(c1)n(CC(=O)N1CCc3ccccc31)c(C)[n+]2CC. The van der Waals surface area contributed by atoms with E-state index in [0.717, 1.165) is 35.5 Å². The van der Waals surface area contributed by atoms with E-state index in [0.29, 0.717) is 18.7 Å². The number of imidazole rings is 1. The molecule has 1 aliphatic heterocycles. The Labute approximate surface area is 170 Å². The number of benzene rings is 2. The third-order valence-electron chi connectivity index (χ3n) is 5.65. The molecule has 1 aliphatic rings.